The molecule has 2 aliphatic rings. The summed E-state index contributed by atoms with van der Waals surface area (Å²) in [6.07, 6.45) is 3.92. The van der Waals surface area contributed by atoms with Crippen molar-refractivity contribution in [1.82, 2.24) is 9.80 Å². The Labute approximate surface area is 98.7 Å². The van der Waals surface area contributed by atoms with E-state index in [2.05, 4.69) is 16.8 Å². The third-order valence-electron chi connectivity index (χ3n) is 4.32. The van der Waals surface area contributed by atoms with Crippen molar-refractivity contribution < 1.29 is 4.74 Å². The van der Waals surface area contributed by atoms with Crippen LogP contribution in [0.5, 0.6) is 0 Å². The predicted octanol–water partition coefficient (Wildman–Crippen LogP) is 0.130. The van der Waals surface area contributed by atoms with E-state index in [1.54, 1.807) is 7.11 Å². The lowest BCUT2D eigenvalue weighted by molar-refractivity contribution is -0.0857. The summed E-state index contributed by atoms with van der Waals surface area (Å²) in [7, 11) is 4.01. The Balaban J connectivity index is 1.94. The van der Waals surface area contributed by atoms with E-state index in [1.807, 2.05) is 0 Å². The van der Waals surface area contributed by atoms with Crippen LogP contribution >= 0.6 is 0 Å². The van der Waals surface area contributed by atoms with Gasteiger partial charge in [-0.2, -0.15) is 0 Å². The van der Waals surface area contributed by atoms with Gasteiger partial charge >= 0.3 is 0 Å². The van der Waals surface area contributed by atoms with Crippen molar-refractivity contribution in [2.24, 2.45) is 5.73 Å². The van der Waals surface area contributed by atoms with Gasteiger partial charge in [0.15, 0.2) is 0 Å². The quantitative estimate of drug-likeness (QED) is 0.744. The minimum absolute atomic E-state index is 0.242. The monoisotopic (exact) mass is 227 g/mol. The van der Waals surface area contributed by atoms with Crippen molar-refractivity contribution in [2.75, 3.05) is 46.9 Å². The molecule has 2 N–H and O–H groups in total. The lowest BCUT2D eigenvalue weighted by atomic mass is 9.72. The maximum absolute atomic E-state index is 5.99. The van der Waals surface area contributed by atoms with Crippen LogP contribution in [0.2, 0.25) is 0 Å². The van der Waals surface area contributed by atoms with Crippen molar-refractivity contribution in [3.63, 3.8) is 0 Å². The highest BCUT2D eigenvalue weighted by Crippen LogP contribution is 2.39. The second-order valence-corrected chi connectivity index (χ2v) is 5.34. The number of likely N-dealkylation sites (N-methyl/N-ethyl adjacent to an activating group) is 1. The molecule has 0 aromatic carbocycles. The highest BCUT2D eigenvalue weighted by molar-refractivity contribution is 5.04. The van der Waals surface area contributed by atoms with Crippen LogP contribution in [0.15, 0.2) is 0 Å². The Morgan fingerprint density at radius 2 is 2.00 bits per heavy atom. The maximum Gasteiger partial charge on any atom is 0.0607 e. The Kier molecular flexibility index (Phi) is 3.85. The molecule has 0 aromatic rings. The number of nitrogens with two attached hydrogens (primary N) is 1. The van der Waals surface area contributed by atoms with Gasteiger partial charge < -0.3 is 15.4 Å². The van der Waals surface area contributed by atoms with Crippen LogP contribution in [-0.2, 0) is 4.74 Å². The summed E-state index contributed by atoms with van der Waals surface area (Å²) >= 11 is 0. The molecule has 0 spiro atoms. The molecule has 0 amide bonds. The normalized spacial score (nSPS) is 38.1. The number of hydrogen-bond donors (Lipinski definition) is 1. The van der Waals surface area contributed by atoms with Crippen LogP contribution in [-0.4, -0.2) is 68.3 Å². The molecule has 4 heteroatoms. The van der Waals surface area contributed by atoms with Crippen LogP contribution in [0.3, 0.4) is 0 Å². The topological polar surface area (TPSA) is 41.7 Å². The van der Waals surface area contributed by atoms with Crippen molar-refractivity contribution in [3.05, 3.63) is 0 Å². The summed E-state index contributed by atoms with van der Waals surface area (Å²) in [6.45, 7) is 5.50. The molecule has 1 saturated carbocycles. The van der Waals surface area contributed by atoms with Crippen molar-refractivity contribution in [3.8, 4) is 0 Å². The minimum Gasteiger partial charge on any atom is -0.381 e. The molecule has 1 aliphatic carbocycles. The smallest absolute Gasteiger partial charge is 0.0607 e. The van der Waals surface area contributed by atoms with Gasteiger partial charge in [0.2, 0.25) is 0 Å². The maximum atomic E-state index is 5.99. The van der Waals surface area contributed by atoms with Crippen LogP contribution in [0.25, 0.3) is 0 Å². The third-order valence-corrected chi connectivity index (χ3v) is 4.32. The molecule has 0 atom stereocenters. The average molecular weight is 227 g/mol. The molecule has 0 bridgehead atoms. The van der Waals surface area contributed by atoms with Gasteiger partial charge in [-0.1, -0.05) is 0 Å². The van der Waals surface area contributed by atoms with E-state index in [4.69, 9.17) is 10.5 Å². The van der Waals surface area contributed by atoms with Crippen molar-refractivity contribution in [2.45, 2.75) is 30.9 Å². The fourth-order valence-corrected chi connectivity index (χ4v) is 3.03. The third kappa shape index (κ3) is 2.25. The Morgan fingerprint density at radius 3 is 2.62 bits per heavy atom. The van der Waals surface area contributed by atoms with Gasteiger partial charge in [-0.15, -0.1) is 0 Å². The van der Waals surface area contributed by atoms with E-state index in [0.29, 0.717) is 6.10 Å². The molecule has 94 valence electrons. The fourth-order valence-electron chi connectivity index (χ4n) is 3.03. The molecule has 0 radical (unpaired) electrons. The van der Waals surface area contributed by atoms with Crippen LogP contribution in [0, 0.1) is 0 Å². The zero-order valence-electron chi connectivity index (χ0n) is 10.6. The number of ether oxygens (including phenoxy) is 1. The first-order valence-electron chi connectivity index (χ1n) is 6.37. The molecule has 2 rings (SSSR count). The first kappa shape index (κ1) is 12.3. The second-order valence-electron chi connectivity index (χ2n) is 5.34. The molecule has 0 unspecified atom stereocenters. The van der Waals surface area contributed by atoms with Gasteiger partial charge in [0.25, 0.3) is 0 Å². The van der Waals surface area contributed by atoms with E-state index < -0.39 is 0 Å². The van der Waals surface area contributed by atoms with E-state index >= 15 is 0 Å². The van der Waals surface area contributed by atoms with Gasteiger partial charge in [0, 0.05) is 38.8 Å². The number of methoxy groups -OCH3 is 1. The predicted molar refractivity (Wildman–Crippen MR) is 65.5 cm³/mol. The Bertz CT molecular complexity index is 228. The first-order valence-corrected chi connectivity index (χ1v) is 6.37. The van der Waals surface area contributed by atoms with E-state index in [9.17, 15) is 0 Å². The lowest BCUT2D eigenvalue weighted by Gasteiger charge is -2.53. The van der Waals surface area contributed by atoms with E-state index in [0.717, 1.165) is 25.9 Å². The van der Waals surface area contributed by atoms with Crippen LogP contribution in [0.1, 0.15) is 19.3 Å². The van der Waals surface area contributed by atoms with Gasteiger partial charge in [-0.25, -0.2) is 0 Å². The molecule has 2 fully saturated rings. The molecular formula is C12H25N3O. The van der Waals surface area contributed by atoms with Gasteiger partial charge in [-0.3, -0.25) is 4.90 Å². The molecule has 4 nitrogen and oxygen atoms in total. The first-order chi connectivity index (χ1) is 7.70. The molecule has 1 saturated heterocycles. The summed E-state index contributed by atoms with van der Waals surface area (Å²) in [5.74, 6) is 0. The fraction of sp³-hybridized carbons (Fsp3) is 1.00. The number of nitrogens with zero attached hydrogens (tertiary/aromatic N) is 2. The zero-order valence-corrected chi connectivity index (χ0v) is 10.6. The van der Waals surface area contributed by atoms with Crippen molar-refractivity contribution >= 4 is 0 Å². The highest BCUT2D eigenvalue weighted by atomic mass is 16.5. The van der Waals surface area contributed by atoms with Crippen molar-refractivity contribution in [1.29, 1.82) is 0 Å². The Morgan fingerprint density at radius 1 is 1.25 bits per heavy atom. The van der Waals surface area contributed by atoms with Crippen LogP contribution < -0.4 is 5.73 Å². The zero-order chi connectivity index (χ0) is 11.6. The largest absolute Gasteiger partial charge is 0.381 e. The number of rotatable bonds is 3. The SMILES string of the molecule is COC1CC(CN)(N2CCCN(C)CC2)C1. The minimum atomic E-state index is 0.242. The Hall–Kier alpha value is -0.160. The standard InChI is InChI=1S/C12H25N3O/c1-14-4-3-5-15(7-6-14)12(10-13)8-11(9-12)16-2/h11H,3-10,13H2,1-2H3. The molecule has 1 heterocycles. The average Bonchev–Trinajstić information content (AvgIpc) is 2.44. The summed E-state index contributed by atoms with van der Waals surface area (Å²) in [4.78, 5) is 5.02. The van der Waals surface area contributed by atoms with Gasteiger partial charge in [0.05, 0.1) is 6.10 Å². The molecule has 16 heavy (non-hydrogen) atoms. The second kappa shape index (κ2) is 5.00. The molecule has 1 aliphatic heterocycles. The van der Waals surface area contributed by atoms with Crippen LogP contribution in [0.4, 0.5) is 0 Å². The summed E-state index contributed by atoms with van der Waals surface area (Å²) in [6, 6.07) is 0. The summed E-state index contributed by atoms with van der Waals surface area (Å²) in [5, 5.41) is 0. The van der Waals surface area contributed by atoms with E-state index in [-0.39, 0.29) is 5.54 Å². The highest BCUT2D eigenvalue weighted by Gasteiger charge is 2.47. The molecular weight excluding hydrogens is 202 g/mol. The van der Waals surface area contributed by atoms with Gasteiger partial charge in [-0.05, 0) is 32.9 Å². The van der Waals surface area contributed by atoms with Gasteiger partial charge in [0.1, 0.15) is 0 Å². The summed E-state index contributed by atoms with van der Waals surface area (Å²) in [5.41, 5.74) is 6.23. The van der Waals surface area contributed by atoms with E-state index in [1.165, 1.54) is 26.1 Å². The summed E-state index contributed by atoms with van der Waals surface area (Å²) < 4.78 is 5.39. The molecule has 0 aromatic heterocycles. The number of hydrogen-bond acceptors (Lipinski definition) is 4. The lowest BCUT2D eigenvalue weighted by Crippen LogP contribution is -2.64.